The number of methoxy groups -OCH3 is 1. The molecule has 0 unspecified atom stereocenters. The Hall–Kier alpha value is -2.70. The number of hydrogen-bond donors (Lipinski definition) is 1. The van der Waals surface area contributed by atoms with Crippen molar-refractivity contribution in [3.8, 4) is 5.75 Å². The molecular formula is C13H14N4O3. The molecular weight excluding hydrogens is 260 g/mol. The first-order valence-electron chi connectivity index (χ1n) is 5.94. The van der Waals surface area contributed by atoms with Crippen molar-refractivity contribution in [2.24, 2.45) is 0 Å². The Morgan fingerprint density at radius 1 is 1.35 bits per heavy atom. The summed E-state index contributed by atoms with van der Waals surface area (Å²) in [5.74, 6) is 0.218. The van der Waals surface area contributed by atoms with Crippen LogP contribution >= 0.6 is 0 Å². The van der Waals surface area contributed by atoms with Crippen LogP contribution in [0.3, 0.4) is 0 Å². The number of anilines is 1. The summed E-state index contributed by atoms with van der Waals surface area (Å²) in [6.07, 6.45) is 3.28. The van der Waals surface area contributed by atoms with E-state index in [1.807, 2.05) is 6.92 Å². The number of ether oxygens (including phenoxy) is 1. The molecule has 20 heavy (non-hydrogen) atoms. The topological polar surface area (TPSA) is 90.2 Å². The highest BCUT2D eigenvalue weighted by molar-refractivity contribution is 5.68. The minimum Gasteiger partial charge on any atom is -0.490 e. The summed E-state index contributed by atoms with van der Waals surface area (Å²) < 4.78 is 5.01. The lowest BCUT2D eigenvalue weighted by molar-refractivity contribution is -0.384. The van der Waals surface area contributed by atoms with Crippen LogP contribution in [-0.4, -0.2) is 22.0 Å². The Kier molecular flexibility index (Phi) is 4.09. The smallest absolute Gasteiger partial charge is 0.333 e. The molecule has 0 saturated heterocycles. The Morgan fingerprint density at radius 3 is 2.75 bits per heavy atom. The molecule has 0 saturated carbocycles. The number of hydrogen-bond acceptors (Lipinski definition) is 6. The molecule has 2 aromatic rings. The average Bonchev–Trinajstić information content (AvgIpc) is 2.46. The first-order valence-corrected chi connectivity index (χ1v) is 5.94. The number of aryl methyl sites for hydroxylation is 1. The quantitative estimate of drug-likeness (QED) is 0.664. The average molecular weight is 274 g/mol. The largest absolute Gasteiger partial charge is 0.490 e. The molecule has 7 nitrogen and oxygen atoms in total. The van der Waals surface area contributed by atoms with E-state index in [9.17, 15) is 10.1 Å². The van der Waals surface area contributed by atoms with Crippen LogP contribution in [0.15, 0.2) is 30.6 Å². The van der Waals surface area contributed by atoms with Gasteiger partial charge in [-0.25, -0.2) is 0 Å². The van der Waals surface area contributed by atoms with Gasteiger partial charge < -0.3 is 10.1 Å². The SMILES string of the molecule is COc1cccc(NCc2cnc(C)cn2)c1[N+](=O)[O-]. The fourth-order valence-electron chi connectivity index (χ4n) is 1.71. The number of aromatic nitrogens is 2. The predicted octanol–water partition coefficient (Wildman–Crippen LogP) is 2.31. The maximum absolute atomic E-state index is 11.1. The van der Waals surface area contributed by atoms with E-state index in [0.717, 1.165) is 5.69 Å². The van der Waals surface area contributed by atoms with Crippen molar-refractivity contribution < 1.29 is 9.66 Å². The Bertz CT molecular complexity index is 614. The van der Waals surface area contributed by atoms with Crippen molar-refractivity contribution in [1.82, 2.24) is 9.97 Å². The van der Waals surface area contributed by atoms with Crippen molar-refractivity contribution >= 4 is 11.4 Å². The van der Waals surface area contributed by atoms with Crippen molar-refractivity contribution in [3.05, 3.63) is 52.1 Å². The van der Waals surface area contributed by atoms with Gasteiger partial charge >= 0.3 is 5.69 Å². The lowest BCUT2D eigenvalue weighted by Crippen LogP contribution is -2.05. The van der Waals surface area contributed by atoms with E-state index < -0.39 is 4.92 Å². The highest BCUT2D eigenvalue weighted by Crippen LogP contribution is 2.34. The number of nitrogens with zero attached hydrogens (tertiary/aromatic N) is 3. The van der Waals surface area contributed by atoms with Crippen molar-refractivity contribution in [2.75, 3.05) is 12.4 Å². The van der Waals surface area contributed by atoms with Gasteiger partial charge in [-0.2, -0.15) is 0 Å². The first kappa shape index (κ1) is 13.7. The number of nitro groups is 1. The van der Waals surface area contributed by atoms with E-state index in [0.29, 0.717) is 17.9 Å². The molecule has 0 radical (unpaired) electrons. The Balaban J connectivity index is 2.21. The van der Waals surface area contributed by atoms with Gasteiger partial charge in [-0.1, -0.05) is 6.07 Å². The second kappa shape index (κ2) is 5.96. The number of rotatable bonds is 5. The summed E-state index contributed by atoms with van der Waals surface area (Å²) in [4.78, 5) is 19.0. The van der Waals surface area contributed by atoms with Gasteiger partial charge in [-0.3, -0.25) is 20.1 Å². The third-order valence-corrected chi connectivity index (χ3v) is 2.70. The molecule has 0 aliphatic rings. The van der Waals surface area contributed by atoms with E-state index in [-0.39, 0.29) is 11.4 Å². The van der Waals surface area contributed by atoms with E-state index in [1.165, 1.54) is 7.11 Å². The lowest BCUT2D eigenvalue weighted by atomic mass is 10.2. The van der Waals surface area contributed by atoms with Gasteiger partial charge in [-0.05, 0) is 19.1 Å². The van der Waals surface area contributed by atoms with Crippen LogP contribution in [0.1, 0.15) is 11.4 Å². The molecule has 7 heteroatoms. The minimum atomic E-state index is -0.470. The van der Waals surface area contributed by atoms with Gasteiger partial charge in [0.25, 0.3) is 0 Å². The molecule has 0 spiro atoms. The van der Waals surface area contributed by atoms with Crippen molar-refractivity contribution in [1.29, 1.82) is 0 Å². The van der Waals surface area contributed by atoms with E-state index in [1.54, 1.807) is 30.6 Å². The molecule has 0 aliphatic heterocycles. The van der Waals surface area contributed by atoms with Crippen LogP contribution in [0, 0.1) is 17.0 Å². The fourth-order valence-corrected chi connectivity index (χ4v) is 1.71. The summed E-state index contributed by atoms with van der Waals surface area (Å²) >= 11 is 0. The second-order valence-electron chi connectivity index (χ2n) is 4.12. The molecule has 0 aliphatic carbocycles. The summed E-state index contributed by atoms with van der Waals surface area (Å²) in [7, 11) is 1.40. The summed E-state index contributed by atoms with van der Waals surface area (Å²) in [6, 6.07) is 4.87. The van der Waals surface area contributed by atoms with E-state index in [4.69, 9.17) is 4.74 Å². The van der Waals surface area contributed by atoms with Crippen LogP contribution in [0.4, 0.5) is 11.4 Å². The third-order valence-electron chi connectivity index (χ3n) is 2.70. The van der Waals surface area contributed by atoms with Gasteiger partial charge in [0, 0.05) is 6.20 Å². The van der Waals surface area contributed by atoms with Gasteiger partial charge in [0.05, 0.1) is 36.2 Å². The number of nitro benzene ring substituents is 1. The van der Waals surface area contributed by atoms with Crippen molar-refractivity contribution in [3.63, 3.8) is 0 Å². The number of nitrogens with one attached hydrogen (secondary N) is 1. The molecule has 1 heterocycles. The summed E-state index contributed by atoms with van der Waals surface area (Å²) in [5.41, 5.74) is 1.82. The zero-order valence-corrected chi connectivity index (χ0v) is 11.2. The number of para-hydroxylation sites is 1. The molecule has 1 N–H and O–H groups in total. The minimum absolute atomic E-state index is 0.0879. The standard InChI is InChI=1S/C13H14N4O3/c1-9-6-15-10(7-14-9)8-16-11-4-3-5-12(20-2)13(11)17(18)19/h3-7,16H,8H2,1-2H3. The molecule has 1 aromatic heterocycles. The monoisotopic (exact) mass is 274 g/mol. The summed E-state index contributed by atoms with van der Waals surface area (Å²) in [5, 5.41) is 14.1. The highest BCUT2D eigenvalue weighted by atomic mass is 16.6. The second-order valence-corrected chi connectivity index (χ2v) is 4.12. The van der Waals surface area contributed by atoms with Crippen LogP contribution in [0.5, 0.6) is 5.75 Å². The summed E-state index contributed by atoms with van der Waals surface area (Å²) in [6.45, 7) is 2.19. The van der Waals surface area contributed by atoms with Crippen LogP contribution in [0.25, 0.3) is 0 Å². The first-order chi connectivity index (χ1) is 9.61. The molecule has 0 amide bonds. The maximum Gasteiger partial charge on any atom is 0.333 e. The molecule has 104 valence electrons. The number of benzene rings is 1. The van der Waals surface area contributed by atoms with E-state index in [2.05, 4.69) is 15.3 Å². The zero-order valence-electron chi connectivity index (χ0n) is 11.2. The lowest BCUT2D eigenvalue weighted by Gasteiger charge is -2.09. The van der Waals surface area contributed by atoms with Crippen LogP contribution in [-0.2, 0) is 6.54 Å². The maximum atomic E-state index is 11.1. The zero-order chi connectivity index (χ0) is 14.5. The van der Waals surface area contributed by atoms with E-state index >= 15 is 0 Å². The van der Waals surface area contributed by atoms with Crippen molar-refractivity contribution in [2.45, 2.75) is 13.5 Å². The molecule has 0 bridgehead atoms. The fraction of sp³-hybridized carbons (Fsp3) is 0.231. The highest BCUT2D eigenvalue weighted by Gasteiger charge is 2.20. The predicted molar refractivity (Wildman–Crippen MR) is 73.7 cm³/mol. The van der Waals surface area contributed by atoms with Gasteiger partial charge in [0.15, 0.2) is 5.75 Å². The molecule has 0 atom stereocenters. The van der Waals surface area contributed by atoms with Gasteiger partial charge in [0.2, 0.25) is 0 Å². The molecule has 0 fully saturated rings. The Labute approximate surface area is 115 Å². The van der Waals surface area contributed by atoms with Crippen LogP contribution in [0.2, 0.25) is 0 Å². The molecule has 2 rings (SSSR count). The van der Waals surface area contributed by atoms with Crippen LogP contribution < -0.4 is 10.1 Å². The van der Waals surface area contributed by atoms with Gasteiger partial charge in [0.1, 0.15) is 5.69 Å². The molecule has 1 aromatic carbocycles. The third kappa shape index (κ3) is 3.00. The normalized spacial score (nSPS) is 10.1. The van der Waals surface area contributed by atoms with Gasteiger partial charge in [-0.15, -0.1) is 0 Å². The Morgan fingerprint density at radius 2 is 2.15 bits per heavy atom.